The molecule has 2 N–H and O–H groups in total. The number of amides is 1. The van der Waals surface area contributed by atoms with Gasteiger partial charge in [0.2, 0.25) is 5.91 Å². The lowest BCUT2D eigenvalue weighted by Gasteiger charge is -2.35. The Morgan fingerprint density at radius 1 is 1.38 bits per heavy atom. The van der Waals surface area contributed by atoms with Crippen molar-refractivity contribution in [2.45, 2.75) is 18.5 Å². The number of nitriles is 1. The van der Waals surface area contributed by atoms with Crippen LogP contribution in [0.15, 0.2) is 36.8 Å². The molecule has 0 aliphatic carbocycles. The highest BCUT2D eigenvalue weighted by Gasteiger charge is 2.41. The summed E-state index contributed by atoms with van der Waals surface area (Å²) in [5.41, 5.74) is 0.825. The normalized spacial score (nSPS) is 20.6. The van der Waals surface area contributed by atoms with Crippen LogP contribution in [-0.2, 0) is 22.1 Å². The van der Waals surface area contributed by atoms with E-state index >= 15 is 0 Å². The predicted molar refractivity (Wildman–Crippen MR) is 115 cm³/mol. The minimum atomic E-state index is -3.96. The second-order valence-electron chi connectivity index (χ2n) is 7.20. The van der Waals surface area contributed by atoms with E-state index in [0.29, 0.717) is 5.01 Å². The van der Waals surface area contributed by atoms with Gasteiger partial charge in [-0.15, -0.1) is 11.3 Å². The van der Waals surface area contributed by atoms with Crippen molar-refractivity contribution in [3.63, 3.8) is 0 Å². The van der Waals surface area contributed by atoms with E-state index in [9.17, 15) is 17.6 Å². The van der Waals surface area contributed by atoms with Gasteiger partial charge in [-0.05, 0) is 24.6 Å². The zero-order chi connectivity index (χ0) is 23.0. The molecule has 2 aromatic heterocycles. The molecule has 0 spiro atoms. The van der Waals surface area contributed by atoms with Crippen molar-refractivity contribution in [2.75, 3.05) is 12.4 Å². The highest BCUT2D eigenvalue weighted by Crippen LogP contribution is 2.34. The molecular formula is C19H18FN7O3S2. The highest BCUT2D eigenvalue weighted by molar-refractivity contribution is 7.87. The molecule has 4 rings (SSSR count). The molecule has 1 saturated heterocycles. The Labute approximate surface area is 187 Å². The molecule has 3 heterocycles. The van der Waals surface area contributed by atoms with Gasteiger partial charge >= 0.3 is 0 Å². The van der Waals surface area contributed by atoms with E-state index in [0.717, 1.165) is 20.8 Å². The van der Waals surface area contributed by atoms with Crippen molar-refractivity contribution in [3.05, 3.63) is 53.2 Å². The van der Waals surface area contributed by atoms with Crippen LogP contribution in [0.4, 0.5) is 10.1 Å². The number of rotatable bonds is 4. The first-order chi connectivity index (χ1) is 15.2. The summed E-state index contributed by atoms with van der Waals surface area (Å²) in [6, 6.07) is 3.53. The minimum absolute atomic E-state index is 0.133. The molecule has 1 aliphatic heterocycles. The first kappa shape index (κ1) is 22.0. The zero-order valence-corrected chi connectivity index (χ0v) is 18.6. The first-order valence-electron chi connectivity index (χ1n) is 9.38. The Morgan fingerprint density at radius 2 is 2.16 bits per heavy atom. The molecule has 166 valence electrons. The van der Waals surface area contributed by atoms with Gasteiger partial charge in [0.15, 0.2) is 0 Å². The van der Waals surface area contributed by atoms with Crippen LogP contribution in [0, 0.1) is 17.1 Å². The molecular weight excluding hydrogens is 457 g/mol. The van der Waals surface area contributed by atoms with Crippen LogP contribution in [0.1, 0.15) is 23.0 Å². The van der Waals surface area contributed by atoms with Crippen LogP contribution >= 0.6 is 11.3 Å². The molecule has 32 heavy (non-hydrogen) atoms. The summed E-state index contributed by atoms with van der Waals surface area (Å²) >= 11 is 1.31. The van der Waals surface area contributed by atoms with Crippen LogP contribution in [-0.4, -0.2) is 46.5 Å². The van der Waals surface area contributed by atoms with Gasteiger partial charge in [-0.3, -0.25) is 9.48 Å². The maximum atomic E-state index is 13.5. The van der Waals surface area contributed by atoms with Crippen molar-refractivity contribution in [3.8, 4) is 16.5 Å². The lowest BCUT2D eigenvalue weighted by atomic mass is 10.1. The molecule has 1 fully saturated rings. The van der Waals surface area contributed by atoms with Gasteiger partial charge in [0, 0.05) is 37.7 Å². The molecule has 1 amide bonds. The van der Waals surface area contributed by atoms with E-state index in [4.69, 9.17) is 5.26 Å². The monoisotopic (exact) mass is 475 g/mol. The van der Waals surface area contributed by atoms with Gasteiger partial charge < -0.3 is 5.32 Å². The van der Waals surface area contributed by atoms with Gasteiger partial charge in [0.05, 0.1) is 22.7 Å². The fraction of sp³-hybridized carbons (Fsp3) is 0.263. The number of aryl methyl sites for hydroxylation is 1. The minimum Gasteiger partial charge on any atom is -0.325 e. The van der Waals surface area contributed by atoms with Crippen LogP contribution in [0.3, 0.4) is 0 Å². The molecule has 10 nitrogen and oxygen atoms in total. The average Bonchev–Trinajstić information content (AvgIpc) is 3.40. The topological polar surface area (TPSA) is 133 Å². The quantitative estimate of drug-likeness (QED) is 0.591. The second-order valence-corrected chi connectivity index (χ2v) is 10.0. The number of halogens is 1. The van der Waals surface area contributed by atoms with Crippen molar-refractivity contribution in [2.24, 2.45) is 7.05 Å². The molecule has 1 aromatic carbocycles. The number of carbonyl (C=O) groups excluding carboxylic acids is 1. The van der Waals surface area contributed by atoms with Crippen LogP contribution in [0.2, 0.25) is 0 Å². The summed E-state index contributed by atoms with van der Waals surface area (Å²) in [5.74, 6) is -1.30. The number of likely N-dealkylation sites (N-methyl/N-ethyl adjacent to an activating group) is 1. The summed E-state index contributed by atoms with van der Waals surface area (Å²) in [4.78, 5) is 18.1. The van der Waals surface area contributed by atoms with Gasteiger partial charge in [0.1, 0.15) is 22.9 Å². The number of benzene rings is 1. The third-order valence-corrected chi connectivity index (χ3v) is 7.79. The lowest BCUT2D eigenvalue weighted by molar-refractivity contribution is -0.120. The summed E-state index contributed by atoms with van der Waals surface area (Å²) < 4.78 is 44.0. The third kappa shape index (κ3) is 4.26. The number of aromatic nitrogens is 3. The molecule has 2 unspecified atom stereocenters. The average molecular weight is 476 g/mol. The van der Waals surface area contributed by atoms with Crippen LogP contribution < -0.4 is 10.0 Å². The highest BCUT2D eigenvalue weighted by atomic mass is 32.2. The Kier molecular flexibility index (Phi) is 5.78. The molecule has 0 saturated carbocycles. The summed E-state index contributed by atoms with van der Waals surface area (Å²) in [6.45, 7) is 0. The van der Waals surface area contributed by atoms with E-state index in [1.54, 1.807) is 30.2 Å². The smallest absolute Gasteiger partial charge is 0.280 e. The van der Waals surface area contributed by atoms with Crippen molar-refractivity contribution in [1.82, 2.24) is 23.8 Å². The fourth-order valence-electron chi connectivity index (χ4n) is 3.32. The van der Waals surface area contributed by atoms with E-state index in [2.05, 4.69) is 20.1 Å². The molecule has 0 bridgehead atoms. The first-order valence-corrected chi connectivity index (χ1v) is 11.6. The zero-order valence-electron chi connectivity index (χ0n) is 17.0. The number of nitrogens with one attached hydrogen (secondary N) is 2. The number of hydrogen-bond acceptors (Lipinski definition) is 7. The third-order valence-electron chi connectivity index (χ3n) is 5.04. The fourth-order valence-corrected chi connectivity index (χ4v) is 5.60. The van der Waals surface area contributed by atoms with Crippen molar-refractivity contribution in [1.29, 1.82) is 5.26 Å². The van der Waals surface area contributed by atoms with E-state index in [-0.39, 0.29) is 17.7 Å². The maximum Gasteiger partial charge on any atom is 0.280 e. The molecule has 2 atom stereocenters. The molecule has 0 radical (unpaired) electrons. The molecule has 1 aliphatic rings. The number of nitrogens with zero attached hydrogens (tertiary/aromatic N) is 5. The molecule has 3 aromatic rings. The predicted octanol–water partition coefficient (Wildman–Crippen LogP) is 1.77. The summed E-state index contributed by atoms with van der Waals surface area (Å²) in [7, 11) is -0.861. The largest absolute Gasteiger partial charge is 0.325 e. The van der Waals surface area contributed by atoms with Gasteiger partial charge in [-0.1, -0.05) is 0 Å². The van der Waals surface area contributed by atoms with Crippen molar-refractivity contribution < 1.29 is 17.6 Å². The molecule has 13 heteroatoms. The van der Waals surface area contributed by atoms with E-state index in [1.807, 2.05) is 6.20 Å². The van der Waals surface area contributed by atoms with Gasteiger partial charge in [0.25, 0.3) is 10.2 Å². The lowest BCUT2D eigenvalue weighted by Crippen LogP contribution is -2.55. The SMILES string of the molecule is CN1C(C(=O)Nc2ccc(F)c(C#N)c2)CC(c2ncc(-c3cnn(C)c3)s2)NS1(=O)=O. The Hall–Kier alpha value is -3.18. The maximum absolute atomic E-state index is 13.5. The van der Waals surface area contributed by atoms with E-state index in [1.165, 1.54) is 30.5 Å². The van der Waals surface area contributed by atoms with Crippen LogP contribution in [0.25, 0.3) is 10.4 Å². The van der Waals surface area contributed by atoms with Gasteiger partial charge in [-0.2, -0.15) is 27.8 Å². The number of carbonyl (C=O) groups is 1. The van der Waals surface area contributed by atoms with Crippen LogP contribution in [0.5, 0.6) is 0 Å². The Bertz CT molecular complexity index is 1330. The summed E-state index contributed by atoms with van der Waals surface area (Å²) in [6.07, 6.45) is 5.28. The number of anilines is 1. The van der Waals surface area contributed by atoms with Crippen molar-refractivity contribution >= 4 is 33.1 Å². The Balaban J connectivity index is 1.57. The number of hydrogen-bond donors (Lipinski definition) is 2. The number of thiazole rings is 1. The summed E-state index contributed by atoms with van der Waals surface area (Å²) in [5, 5.41) is 16.2. The van der Waals surface area contributed by atoms with E-state index < -0.39 is 34.0 Å². The second kappa shape index (κ2) is 8.40. The standard InChI is InChI=1S/C19H18FN7O3S2/c1-26-10-12(8-23-26)17-9-22-19(31-17)15-6-16(27(2)32(29,30)25-15)18(28)24-13-3-4-14(20)11(5-13)7-21/h3-5,8-10,15-16,25H,6H2,1-2H3,(H,24,28). The van der Waals surface area contributed by atoms with Gasteiger partial charge in [-0.25, -0.2) is 9.37 Å². The Morgan fingerprint density at radius 3 is 2.84 bits per heavy atom.